The molecule has 1 saturated heterocycles. The Morgan fingerprint density at radius 1 is 1.27 bits per heavy atom. The van der Waals surface area contributed by atoms with Crippen molar-refractivity contribution in [2.45, 2.75) is 31.3 Å². The summed E-state index contributed by atoms with van der Waals surface area (Å²) >= 11 is 0. The van der Waals surface area contributed by atoms with E-state index < -0.39 is 0 Å². The zero-order valence-electron chi connectivity index (χ0n) is 12.1. The summed E-state index contributed by atoms with van der Waals surface area (Å²) < 4.78 is 7.01. The van der Waals surface area contributed by atoms with E-state index in [1.54, 1.807) is 12.3 Å². The Morgan fingerprint density at radius 3 is 3.14 bits per heavy atom. The topological polar surface area (TPSA) is 81.9 Å². The van der Waals surface area contributed by atoms with Gasteiger partial charge in [0.05, 0.1) is 24.9 Å². The molecule has 1 aliphatic carbocycles. The molecular weight excluding hydrogens is 282 g/mol. The van der Waals surface area contributed by atoms with Crippen LogP contribution in [0.3, 0.4) is 0 Å². The number of anilines is 1. The molecule has 114 valence electrons. The molecule has 0 radical (unpaired) electrons. The van der Waals surface area contributed by atoms with Crippen LogP contribution in [0.15, 0.2) is 29.2 Å². The van der Waals surface area contributed by atoms with Crippen molar-refractivity contribution in [3.05, 3.63) is 46.0 Å². The van der Waals surface area contributed by atoms with Crippen molar-refractivity contribution in [2.24, 2.45) is 0 Å². The molecule has 0 saturated carbocycles. The van der Waals surface area contributed by atoms with Crippen LogP contribution in [0, 0.1) is 0 Å². The van der Waals surface area contributed by atoms with Gasteiger partial charge in [-0.1, -0.05) is 0 Å². The zero-order chi connectivity index (χ0) is 14.9. The number of aryl methyl sites for hydroxylation is 2. The molecule has 0 spiro atoms. The maximum atomic E-state index is 11.9. The molecule has 2 aromatic rings. The minimum atomic E-state index is -0.135. The standard InChI is InChI=1S/C15H17N5O2/c21-15-5-2-6-16-20(15)13-9-22-8-12(13)17-14-7-10-3-1-4-11(10)18-19-14/h2,5-7,12-13H,1,3-4,8-9H2,(H,17,19). The molecule has 0 aromatic carbocycles. The first kappa shape index (κ1) is 13.4. The Bertz CT molecular complexity index is 745. The second-order valence-electron chi connectivity index (χ2n) is 5.72. The summed E-state index contributed by atoms with van der Waals surface area (Å²) in [6, 6.07) is 5.04. The summed E-state index contributed by atoms with van der Waals surface area (Å²) in [6.45, 7) is 0.986. The summed E-state index contributed by atoms with van der Waals surface area (Å²) in [5.41, 5.74) is 2.25. The Balaban J connectivity index is 1.57. The predicted octanol–water partition coefficient (Wildman–Crippen LogP) is 0.574. The van der Waals surface area contributed by atoms with Crippen LogP contribution in [-0.2, 0) is 17.6 Å². The molecule has 1 aliphatic heterocycles. The van der Waals surface area contributed by atoms with Crippen molar-refractivity contribution in [1.29, 1.82) is 0 Å². The average molecular weight is 299 g/mol. The molecule has 22 heavy (non-hydrogen) atoms. The summed E-state index contributed by atoms with van der Waals surface area (Å²) in [5.74, 6) is 0.741. The first-order chi connectivity index (χ1) is 10.8. The van der Waals surface area contributed by atoms with Gasteiger partial charge in [-0.2, -0.15) is 10.2 Å². The Hall–Kier alpha value is -2.28. The minimum Gasteiger partial charge on any atom is -0.377 e. The van der Waals surface area contributed by atoms with E-state index in [2.05, 4.69) is 26.7 Å². The van der Waals surface area contributed by atoms with Gasteiger partial charge in [0.2, 0.25) is 0 Å². The van der Waals surface area contributed by atoms with E-state index in [9.17, 15) is 4.79 Å². The van der Waals surface area contributed by atoms with E-state index in [1.165, 1.54) is 16.3 Å². The highest BCUT2D eigenvalue weighted by Crippen LogP contribution is 2.24. The van der Waals surface area contributed by atoms with Gasteiger partial charge in [-0.3, -0.25) is 4.79 Å². The van der Waals surface area contributed by atoms with Crippen molar-refractivity contribution >= 4 is 5.82 Å². The first-order valence-corrected chi connectivity index (χ1v) is 7.55. The lowest BCUT2D eigenvalue weighted by atomic mass is 10.1. The number of rotatable bonds is 3. The van der Waals surface area contributed by atoms with Gasteiger partial charge in [0, 0.05) is 12.3 Å². The highest BCUT2D eigenvalue weighted by molar-refractivity contribution is 5.41. The van der Waals surface area contributed by atoms with Crippen molar-refractivity contribution in [3.8, 4) is 0 Å². The fourth-order valence-corrected chi connectivity index (χ4v) is 3.13. The van der Waals surface area contributed by atoms with E-state index in [4.69, 9.17) is 4.74 Å². The van der Waals surface area contributed by atoms with E-state index >= 15 is 0 Å². The van der Waals surface area contributed by atoms with Gasteiger partial charge in [0.1, 0.15) is 11.9 Å². The Kier molecular flexibility index (Phi) is 3.34. The number of ether oxygens (including phenoxy) is 1. The van der Waals surface area contributed by atoms with Crippen molar-refractivity contribution in [1.82, 2.24) is 20.0 Å². The van der Waals surface area contributed by atoms with Gasteiger partial charge < -0.3 is 10.1 Å². The molecule has 1 N–H and O–H groups in total. The predicted molar refractivity (Wildman–Crippen MR) is 79.8 cm³/mol. The van der Waals surface area contributed by atoms with Gasteiger partial charge in [-0.05, 0) is 37.0 Å². The maximum Gasteiger partial charge on any atom is 0.267 e. The SMILES string of the molecule is O=c1cccnn1C1COCC1Nc1cc2c(nn1)CCC2. The van der Waals surface area contributed by atoms with Gasteiger partial charge in [-0.15, -0.1) is 5.10 Å². The summed E-state index contributed by atoms with van der Waals surface area (Å²) in [5, 5.41) is 16.0. The Labute approximate surface area is 127 Å². The Morgan fingerprint density at radius 2 is 2.23 bits per heavy atom. The molecule has 2 atom stereocenters. The fraction of sp³-hybridized carbons (Fsp3) is 0.467. The lowest BCUT2D eigenvalue weighted by Gasteiger charge is -2.20. The summed E-state index contributed by atoms with van der Waals surface area (Å²) in [6.07, 6.45) is 4.84. The number of hydrogen-bond acceptors (Lipinski definition) is 6. The first-order valence-electron chi connectivity index (χ1n) is 7.55. The smallest absolute Gasteiger partial charge is 0.267 e. The van der Waals surface area contributed by atoms with Crippen LogP contribution in [-0.4, -0.2) is 39.2 Å². The van der Waals surface area contributed by atoms with Gasteiger partial charge in [0.15, 0.2) is 0 Å². The quantitative estimate of drug-likeness (QED) is 0.892. The van der Waals surface area contributed by atoms with Crippen LogP contribution in [0.2, 0.25) is 0 Å². The molecule has 2 unspecified atom stereocenters. The summed E-state index contributed by atoms with van der Waals surface area (Å²) in [4.78, 5) is 11.9. The molecule has 2 aliphatic rings. The molecule has 7 heteroatoms. The largest absolute Gasteiger partial charge is 0.377 e. The van der Waals surface area contributed by atoms with Crippen molar-refractivity contribution in [3.63, 3.8) is 0 Å². The highest BCUT2D eigenvalue weighted by atomic mass is 16.5. The fourth-order valence-electron chi connectivity index (χ4n) is 3.13. The number of nitrogens with one attached hydrogen (secondary N) is 1. The zero-order valence-corrected chi connectivity index (χ0v) is 12.1. The van der Waals surface area contributed by atoms with Crippen LogP contribution in [0.25, 0.3) is 0 Å². The molecule has 7 nitrogen and oxygen atoms in total. The van der Waals surface area contributed by atoms with Crippen LogP contribution in [0.1, 0.15) is 23.7 Å². The van der Waals surface area contributed by atoms with Crippen molar-refractivity contribution in [2.75, 3.05) is 18.5 Å². The molecule has 1 fully saturated rings. The number of hydrogen-bond donors (Lipinski definition) is 1. The molecule has 0 bridgehead atoms. The molecule has 3 heterocycles. The monoisotopic (exact) mass is 299 g/mol. The van der Waals surface area contributed by atoms with Gasteiger partial charge in [-0.25, -0.2) is 4.68 Å². The molecule has 2 aromatic heterocycles. The van der Waals surface area contributed by atoms with Crippen LogP contribution in [0.4, 0.5) is 5.82 Å². The van der Waals surface area contributed by atoms with E-state index in [1.807, 2.05) is 0 Å². The number of nitrogens with zero attached hydrogens (tertiary/aromatic N) is 4. The molecular formula is C15H17N5O2. The summed E-state index contributed by atoms with van der Waals surface area (Å²) in [7, 11) is 0. The molecule has 4 rings (SSSR count). The second kappa shape index (κ2) is 5.49. The normalized spacial score (nSPS) is 23.5. The highest BCUT2D eigenvalue weighted by Gasteiger charge is 2.31. The lowest BCUT2D eigenvalue weighted by molar-refractivity contribution is 0.182. The minimum absolute atomic E-state index is 0.0404. The van der Waals surface area contributed by atoms with Gasteiger partial charge >= 0.3 is 0 Å². The van der Waals surface area contributed by atoms with Gasteiger partial charge in [0.25, 0.3) is 5.56 Å². The van der Waals surface area contributed by atoms with E-state index in [0.29, 0.717) is 13.2 Å². The average Bonchev–Trinajstić information content (AvgIpc) is 3.16. The van der Waals surface area contributed by atoms with E-state index in [-0.39, 0.29) is 17.6 Å². The third kappa shape index (κ3) is 2.37. The van der Waals surface area contributed by atoms with Crippen LogP contribution >= 0.6 is 0 Å². The molecule has 0 amide bonds. The third-order valence-corrected chi connectivity index (χ3v) is 4.26. The van der Waals surface area contributed by atoms with E-state index in [0.717, 1.165) is 30.8 Å². The van der Waals surface area contributed by atoms with Crippen LogP contribution in [0.5, 0.6) is 0 Å². The lowest BCUT2D eigenvalue weighted by Crippen LogP contribution is -2.37. The number of aromatic nitrogens is 4. The number of fused-ring (bicyclic) bond motifs is 1. The van der Waals surface area contributed by atoms with Crippen LogP contribution < -0.4 is 10.9 Å². The second-order valence-corrected chi connectivity index (χ2v) is 5.72. The third-order valence-electron chi connectivity index (χ3n) is 4.26. The maximum absolute atomic E-state index is 11.9. The van der Waals surface area contributed by atoms with Crippen molar-refractivity contribution < 1.29 is 4.74 Å².